The van der Waals surface area contributed by atoms with Gasteiger partial charge in [-0.05, 0) is 36.8 Å². The minimum Gasteiger partial charge on any atom is -0.358 e. The van der Waals surface area contributed by atoms with E-state index in [-0.39, 0.29) is 29.8 Å². The third kappa shape index (κ3) is 3.62. The Labute approximate surface area is 166 Å². The predicted molar refractivity (Wildman–Crippen MR) is 108 cm³/mol. The van der Waals surface area contributed by atoms with Gasteiger partial charge in [-0.1, -0.05) is 12.1 Å². The molecule has 0 aliphatic carbocycles. The first-order chi connectivity index (χ1) is 14.0. The number of hydrogen-bond acceptors (Lipinski definition) is 4. The highest BCUT2D eigenvalue weighted by Gasteiger charge is 2.24. The van der Waals surface area contributed by atoms with Crippen molar-refractivity contribution >= 4 is 22.5 Å². The van der Waals surface area contributed by atoms with E-state index in [0.29, 0.717) is 35.3 Å². The quantitative estimate of drug-likeness (QED) is 0.720. The minimum atomic E-state index is -0.540. The lowest BCUT2D eigenvalue weighted by molar-refractivity contribution is -0.117. The molecule has 0 fully saturated rings. The number of nitriles is 1. The van der Waals surface area contributed by atoms with Gasteiger partial charge in [0, 0.05) is 36.5 Å². The maximum absolute atomic E-state index is 14.3. The third-order valence-corrected chi connectivity index (χ3v) is 5.21. The molecule has 0 atom stereocenters. The highest BCUT2D eigenvalue weighted by molar-refractivity contribution is 5.92. The second-order valence-electron chi connectivity index (χ2n) is 7.23. The number of aryl methyl sites for hydroxylation is 1. The molecule has 0 saturated carbocycles. The molecule has 7 heteroatoms. The van der Waals surface area contributed by atoms with Crippen molar-refractivity contribution in [2.24, 2.45) is 0 Å². The van der Waals surface area contributed by atoms with Crippen LogP contribution in [0, 0.1) is 24.1 Å². The molecule has 1 aromatic heterocycles. The van der Waals surface area contributed by atoms with Gasteiger partial charge in [0.2, 0.25) is 5.91 Å². The van der Waals surface area contributed by atoms with Gasteiger partial charge in [-0.25, -0.2) is 4.39 Å². The third-order valence-electron chi connectivity index (χ3n) is 5.21. The van der Waals surface area contributed by atoms with Crippen LogP contribution in [0.2, 0.25) is 0 Å². The monoisotopic (exact) mass is 390 g/mol. The average molecular weight is 390 g/mol. The fourth-order valence-electron chi connectivity index (χ4n) is 3.74. The standard InChI is InChI=1S/C22H19FN4O2/c1-13-5-6-17(23)20-21(13)26-18-7-8-27(11-16(18)22(20)29)12-19(28)25-15-4-2-3-14(9-15)10-24/h2-6,9H,7-8,11-12H2,1H3,(H,25,28)(H,26,29). The Bertz CT molecular complexity index is 1230. The summed E-state index contributed by atoms with van der Waals surface area (Å²) in [4.78, 5) is 30.4. The number of H-pyrrole nitrogens is 1. The molecule has 0 unspecified atom stereocenters. The van der Waals surface area contributed by atoms with E-state index in [4.69, 9.17) is 5.26 Å². The van der Waals surface area contributed by atoms with Crippen molar-refractivity contribution in [1.29, 1.82) is 5.26 Å². The molecule has 2 aromatic carbocycles. The smallest absolute Gasteiger partial charge is 0.238 e. The molecule has 2 N–H and O–H groups in total. The van der Waals surface area contributed by atoms with Crippen LogP contribution >= 0.6 is 0 Å². The summed E-state index contributed by atoms with van der Waals surface area (Å²) in [7, 11) is 0. The van der Waals surface area contributed by atoms with Gasteiger partial charge in [0.1, 0.15) is 5.82 Å². The molecule has 2 heterocycles. The van der Waals surface area contributed by atoms with Crippen molar-refractivity contribution in [3.05, 3.63) is 74.8 Å². The fourth-order valence-corrected chi connectivity index (χ4v) is 3.74. The van der Waals surface area contributed by atoms with Crippen LogP contribution < -0.4 is 10.7 Å². The molecule has 0 saturated heterocycles. The molecule has 6 nitrogen and oxygen atoms in total. The largest absolute Gasteiger partial charge is 0.358 e. The number of anilines is 1. The van der Waals surface area contributed by atoms with Crippen molar-refractivity contribution in [3.8, 4) is 6.07 Å². The predicted octanol–water partition coefficient (Wildman–Crippen LogP) is 2.84. The fraction of sp³-hybridized carbons (Fsp3) is 0.227. The summed E-state index contributed by atoms with van der Waals surface area (Å²) in [6.07, 6.45) is 0.577. The van der Waals surface area contributed by atoms with Crippen LogP contribution in [0.5, 0.6) is 0 Å². The number of carbonyl (C=O) groups excluding carboxylic acids is 1. The number of pyridine rings is 1. The normalized spacial score (nSPS) is 13.7. The van der Waals surface area contributed by atoms with E-state index < -0.39 is 5.82 Å². The Morgan fingerprint density at radius 3 is 2.97 bits per heavy atom. The van der Waals surface area contributed by atoms with Crippen molar-refractivity contribution < 1.29 is 9.18 Å². The summed E-state index contributed by atoms with van der Waals surface area (Å²) < 4.78 is 14.3. The van der Waals surface area contributed by atoms with Crippen LogP contribution in [0.1, 0.15) is 22.4 Å². The summed E-state index contributed by atoms with van der Waals surface area (Å²) in [5.41, 5.74) is 3.36. The number of benzene rings is 2. The van der Waals surface area contributed by atoms with Gasteiger partial charge in [-0.2, -0.15) is 5.26 Å². The molecule has 29 heavy (non-hydrogen) atoms. The Kier molecular flexibility index (Phi) is 4.87. The van der Waals surface area contributed by atoms with Gasteiger partial charge >= 0.3 is 0 Å². The summed E-state index contributed by atoms with van der Waals surface area (Å²) in [6.45, 7) is 2.82. The van der Waals surface area contributed by atoms with Gasteiger partial charge in [-0.15, -0.1) is 0 Å². The van der Waals surface area contributed by atoms with Gasteiger partial charge in [0.25, 0.3) is 0 Å². The molecule has 4 rings (SSSR count). The van der Waals surface area contributed by atoms with E-state index >= 15 is 0 Å². The first-order valence-electron chi connectivity index (χ1n) is 9.31. The number of halogens is 1. The lowest BCUT2D eigenvalue weighted by Gasteiger charge is -2.28. The van der Waals surface area contributed by atoms with Crippen LogP contribution in [0.3, 0.4) is 0 Å². The molecule has 1 aliphatic heterocycles. The van der Waals surface area contributed by atoms with Crippen LogP contribution in [-0.2, 0) is 17.8 Å². The number of fused-ring (bicyclic) bond motifs is 2. The highest BCUT2D eigenvalue weighted by Crippen LogP contribution is 2.22. The van der Waals surface area contributed by atoms with Crippen LogP contribution in [-0.4, -0.2) is 28.9 Å². The average Bonchev–Trinajstić information content (AvgIpc) is 2.71. The highest BCUT2D eigenvalue weighted by atomic mass is 19.1. The van der Waals surface area contributed by atoms with Crippen LogP contribution in [0.25, 0.3) is 10.9 Å². The molecule has 1 aliphatic rings. The van der Waals surface area contributed by atoms with Crippen molar-refractivity contribution in [2.45, 2.75) is 19.9 Å². The Hall–Kier alpha value is -3.50. The molecule has 0 radical (unpaired) electrons. The van der Waals surface area contributed by atoms with E-state index in [1.807, 2.05) is 17.9 Å². The number of aromatic amines is 1. The molecule has 0 spiro atoms. The zero-order chi connectivity index (χ0) is 20.5. The second kappa shape index (κ2) is 7.49. The van der Waals surface area contributed by atoms with Gasteiger partial charge in [0.15, 0.2) is 5.43 Å². The Morgan fingerprint density at radius 1 is 1.34 bits per heavy atom. The number of rotatable bonds is 3. The van der Waals surface area contributed by atoms with E-state index in [0.717, 1.165) is 11.3 Å². The molecular formula is C22H19FN4O2. The van der Waals surface area contributed by atoms with Crippen LogP contribution in [0.4, 0.5) is 10.1 Å². The number of hydrogen-bond donors (Lipinski definition) is 2. The molecule has 1 amide bonds. The number of nitrogens with one attached hydrogen (secondary N) is 2. The van der Waals surface area contributed by atoms with Crippen molar-refractivity contribution in [2.75, 3.05) is 18.4 Å². The maximum Gasteiger partial charge on any atom is 0.238 e. The topological polar surface area (TPSA) is 89.0 Å². The van der Waals surface area contributed by atoms with Gasteiger partial charge in [-0.3, -0.25) is 14.5 Å². The number of aromatic nitrogens is 1. The number of carbonyl (C=O) groups is 1. The number of amides is 1. The van der Waals surface area contributed by atoms with E-state index in [9.17, 15) is 14.0 Å². The summed E-state index contributed by atoms with van der Waals surface area (Å²) in [5.74, 6) is -0.773. The summed E-state index contributed by atoms with van der Waals surface area (Å²) in [5, 5.41) is 11.8. The Morgan fingerprint density at radius 2 is 2.17 bits per heavy atom. The van der Waals surface area contributed by atoms with E-state index in [1.165, 1.54) is 6.07 Å². The number of nitrogens with zero attached hydrogens (tertiary/aromatic N) is 2. The molecule has 3 aromatic rings. The lowest BCUT2D eigenvalue weighted by Crippen LogP contribution is -2.39. The minimum absolute atomic E-state index is 0.0726. The Balaban J connectivity index is 1.55. The summed E-state index contributed by atoms with van der Waals surface area (Å²) in [6, 6.07) is 11.7. The molecular weight excluding hydrogens is 371 g/mol. The molecule has 146 valence electrons. The molecule has 0 bridgehead atoms. The van der Waals surface area contributed by atoms with E-state index in [2.05, 4.69) is 10.3 Å². The van der Waals surface area contributed by atoms with Crippen molar-refractivity contribution in [1.82, 2.24) is 9.88 Å². The van der Waals surface area contributed by atoms with Gasteiger partial charge in [0.05, 0.1) is 29.1 Å². The lowest BCUT2D eigenvalue weighted by atomic mass is 10.0. The van der Waals surface area contributed by atoms with Gasteiger partial charge < -0.3 is 10.3 Å². The van der Waals surface area contributed by atoms with Crippen molar-refractivity contribution in [3.63, 3.8) is 0 Å². The summed E-state index contributed by atoms with van der Waals surface area (Å²) >= 11 is 0. The van der Waals surface area contributed by atoms with E-state index in [1.54, 1.807) is 30.3 Å². The zero-order valence-electron chi connectivity index (χ0n) is 15.9. The first-order valence-corrected chi connectivity index (χ1v) is 9.31. The van der Waals surface area contributed by atoms with Crippen LogP contribution in [0.15, 0.2) is 41.2 Å². The first kappa shape index (κ1) is 18.8. The SMILES string of the molecule is Cc1ccc(F)c2c(=O)c3c([nH]c12)CCN(CC(=O)Nc1cccc(C#N)c1)C3. The zero-order valence-corrected chi connectivity index (χ0v) is 15.9. The second-order valence-corrected chi connectivity index (χ2v) is 7.23. The maximum atomic E-state index is 14.3.